The Labute approximate surface area is 187 Å². The summed E-state index contributed by atoms with van der Waals surface area (Å²) in [5.41, 5.74) is 10.9. The van der Waals surface area contributed by atoms with Crippen LogP contribution in [0.1, 0.15) is 39.9 Å². The minimum atomic E-state index is -0.516. The molecule has 4 heterocycles. The standard InChI is InChI=1S/C23H19FN6OS/c1-11-16-7-14(24)4-5-15(16)22-20(32-12(2)28-22)8-18-21(17(9-25)29-30(18)3)13-6-19(31-11)23(26)27-10-13/h4-7,10-11H,8H2,1-3H3,(H2,26,27)/t11-/m1/s1. The van der Waals surface area contributed by atoms with Crippen molar-refractivity contribution >= 4 is 17.2 Å². The molecule has 1 aliphatic rings. The van der Waals surface area contributed by atoms with E-state index < -0.39 is 6.10 Å². The lowest BCUT2D eigenvalue weighted by atomic mass is 9.96. The van der Waals surface area contributed by atoms with Crippen molar-refractivity contribution in [2.45, 2.75) is 26.4 Å². The average Bonchev–Trinajstić information content (AvgIpc) is 3.28. The largest absolute Gasteiger partial charge is 0.482 e. The summed E-state index contributed by atoms with van der Waals surface area (Å²) in [4.78, 5) is 10.1. The summed E-state index contributed by atoms with van der Waals surface area (Å²) in [6.07, 6.45) is 1.61. The number of nitrogens with zero attached hydrogens (tertiary/aromatic N) is 5. The Hall–Kier alpha value is -3.77. The Kier molecular flexibility index (Phi) is 4.68. The molecule has 0 unspecified atom stereocenters. The van der Waals surface area contributed by atoms with Crippen LogP contribution >= 0.6 is 11.3 Å². The molecule has 0 spiro atoms. The van der Waals surface area contributed by atoms with Crippen molar-refractivity contribution in [2.75, 3.05) is 5.73 Å². The van der Waals surface area contributed by atoms with E-state index in [2.05, 4.69) is 16.2 Å². The first-order valence-electron chi connectivity index (χ1n) is 10.00. The molecule has 160 valence electrons. The molecule has 2 bridgehead atoms. The SMILES string of the molecule is Cc1nc2c(s1)Cc1c(c(C#N)nn1C)-c1cnc(N)c(c1)O[C@H](C)c1cc(F)ccc1-2. The van der Waals surface area contributed by atoms with Gasteiger partial charge >= 0.3 is 0 Å². The number of halogens is 1. The molecule has 0 aliphatic carbocycles. The number of hydrogen-bond donors (Lipinski definition) is 1. The molecular formula is C23H19FN6OS. The third-order valence-electron chi connectivity index (χ3n) is 5.59. The number of fused-ring (bicyclic) bond motifs is 7. The zero-order valence-corrected chi connectivity index (χ0v) is 18.5. The number of thiazole rings is 1. The topological polar surface area (TPSA) is 103 Å². The van der Waals surface area contributed by atoms with Crippen molar-refractivity contribution < 1.29 is 9.13 Å². The predicted octanol–water partition coefficient (Wildman–Crippen LogP) is 4.55. The number of hydrogen-bond acceptors (Lipinski definition) is 7. The molecule has 9 heteroatoms. The highest BCUT2D eigenvalue weighted by Crippen LogP contribution is 2.40. The third kappa shape index (κ3) is 3.20. The summed E-state index contributed by atoms with van der Waals surface area (Å²) in [6, 6.07) is 8.58. The van der Waals surface area contributed by atoms with Crippen LogP contribution in [0.5, 0.6) is 5.75 Å². The van der Waals surface area contributed by atoms with Crippen LogP contribution in [0.25, 0.3) is 22.4 Å². The molecule has 0 radical (unpaired) electrons. The van der Waals surface area contributed by atoms with Gasteiger partial charge < -0.3 is 10.5 Å². The van der Waals surface area contributed by atoms with Crippen LogP contribution < -0.4 is 10.5 Å². The van der Waals surface area contributed by atoms with Gasteiger partial charge in [-0.2, -0.15) is 10.4 Å². The maximum absolute atomic E-state index is 14.2. The van der Waals surface area contributed by atoms with Crippen LogP contribution in [0.3, 0.4) is 0 Å². The van der Waals surface area contributed by atoms with E-state index in [1.807, 2.05) is 20.9 Å². The summed E-state index contributed by atoms with van der Waals surface area (Å²) < 4.78 is 22.1. The number of nitrogen functional groups attached to an aromatic ring is 1. The van der Waals surface area contributed by atoms with Gasteiger partial charge in [0.05, 0.1) is 16.4 Å². The van der Waals surface area contributed by atoms with Crippen molar-refractivity contribution in [3.8, 4) is 34.2 Å². The number of aromatic nitrogens is 4. The van der Waals surface area contributed by atoms with E-state index >= 15 is 0 Å². The number of benzene rings is 1. The maximum atomic E-state index is 14.2. The van der Waals surface area contributed by atoms with Gasteiger partial charge in [-0.05, 0) is 38.1 Å². The fourth-order valence-electron chi connectivity index (χ4n) is 4.12. The van der Waals surface area contributed by atoms with Crippen LogP contribution in [0, 0.1) is 24.1 Å². The molecule has 32 heavy (non-hydrogen) atoms. The molecule has 1 aromatic carbocycles. The van der Waals surface area contributed by atoms with Gasteiger partial charge in [0.2, 0.25) is 0 Å². The Bertz CT molecular complexity index is 1420. The van der Waals surface area contributed by atoms with Crippen molar-refractivity contribution in [3.63, 3.8) is 0 Å². The average molecular weight is 447 g/mol. The number of nitrogens with two attached hydrogens (primary N) is 1. The molecule has 5 rings (SSSR count). The number of pyridine rings is 1. The Morgan fingerprint density at radius 1 is 1.34 bits per heavy atom. The molecule has 1 aliphatic heterocycles. The lowest BCUT2D eigenvalue weighted by Gasteiger charge is -2.20. The fourth-order valence-corrected chi connectivity index (χ4v) is 5.08. The molecule has 2 N–H and O–H groups in total. The van der Waals surface area contributed by atoms with Crippen LogP contribution in [-0.2, 0) is 13.5 Å². The molecule has 0 fully saturated rings. The first-order valence-corrected chi connectivity index (χ1v) is 10.8. The first-order chi connectivity index (χ1) is 15.4. The second-order valence-electron chi connectivity index (χ2n) is 7.69. The first kappa shape index (κ1) is 20.2. The summed E-state index contributed by atoms with van der Waals surface area (Å²) in [6.45, 7) is 3.78. The number of anilines is 1. The van der Waals surface area contributed by atoms with E-state index in [0.717, 1.165) is 26.8 Å². The van der Waals surface area contributed by atoms with E-state index in [1.165, 1.54) is 12.1 Å². The second-order valence-corrected chi connectivity index (χ2v) is 8.97. The van der Waals surface area contributed by atoms with Gasteiger partial charge in [0.25, 0.3) is 0 Å². The molecule has 0 amide bonds. The summed E-state index contributed by atoms with van der Waals surface area (Å²) in [5.74, 6) is 0.219. The lowest BCUT2D eigenvalue weighted by Crippen LogP contribution is -2.09. The van der Waals surface area contributed by atoms with Crippen molar-refractivity contribution in [1.82, 2.24) is 19.7 Å². The highest BCUT2D eigenvalue weighted by molar-refractivity contribution is 7.12. The van der Waals surface area contributed by atoms with E-state index in [0.29, 0.717) is 34.6 Å². The fraction of sp³-hybridized carbons (Fsp3) is 0.217. The van der Waals surface area contributed by atoms with Gasteiger partial charge in [0.15, 0.2) is 17.3 Å². The summed E-state index contributed by atoms with van der Waals surface area (Å²) in [5, 5.41) is 15.0. The van der Waals surface area contributed by atoms with Crippen LogP contribution in [0.15, 0.2) is 30.5 Å². The Morgan fingerprint density at radius 2 is 2.16 bits per heavy atom. The highest BCUT2D eigenvalue weighted by atomic mass is 32.1. The molecule has 0 saturated carbocycles. The second kappa shape index (κ2) is 7.43. The minimum absolute atomic E-state index is 0.213. The predicted molar refractivity (Wildman–Crippen MR) is 120 cm³/mol. The minimum Gasteiger partial charge on any atom is -0.482 e. The van der Waals surface area contributed by atoms with Crippen molar-refractivity contribution in [2.24, 2.45) is 7.05 Å². The van der Waals surface area contributed by atoms with E-state index in [9.17, 15) is 9.65 Å². The van der Waals surface area contributed by atoms with Crippen LogP contribution in [0.2, 0.25) is 0 Å². The highest BCUT2D eigenvalue weighted by Gasteiger charge is 2.26. The van der Waals surface area contributed by atoms with Gasteiger partial charge in [-0.25, -0.2) is 14.4 Å². The zero-order chi connectivity index (χ0) is 22.6. The third-order valence-corrected chi connectivity index (χ3v) is 6.56. The van der Waals surface area contributed by atoms with Gasteiger partial charge in [-0.1, -0.05) is 0 Å². The van der Waals surface area contributed by atoms with E-state index in [-0.39, 0.29) is 11.6 Å². The Morgan fingerprint density at radius 3 is 2.94 bits per heavy atom. The van der Waals surface area contributed by atoms with E-state index in [1.54, 1.807) is 34.3 Å². The van der Waals surface area contributed by atoms with Crippen molar-refractivity contribution in [1.29, 1.82) is 5.26 Å². The van der Waals surface area contributed by atoms with Gasteiger partial charge in [-0.15, -0.1) is 11.3 Å². The maximum Gasteiger partial charge on any atom is 0.170 e. The zero-order valence-electron chi connectivity index (χ0n) is 17.7. The van der Waals surface area contributed by atoms with Gasteiger partial charge in [0, 0.05) is 46.8 Å². The van der Waals surface area contributed by atoms with Crippen LogP contribution in [0.4, 0.5) is 10.2 Å². The van der Waals surface area contributed by atoms with Gasteiger partial charge in [-0.3, -0.25) is 4.68 Å². The quantitative estimate of drug-likeness (QED) is 0.425. The normalized spacial score (nSPS) is 14.8. The number of rotatable bonds is 0. The summed E-state index contributed by atoms with van der Waals surface area (Å²) in [7, 11) is 1.81. The number of ether oxygens (including phenoxy) is 1. The monoisotopic (exact) mass is 446 g/mol. The molecule has 7 nitrogen and oxygen atoms in total. The van der Waals surface area contributed by atoms with Crippen LogP contribution in [-0.4, -0.2) is 19.7 Å². The summed E-state index contributed by atoms with van der Waals surface area (Å²) >= 11 is 1.57. The number of nitriles is 1. The van der Waals surface area contributed by atoms with Crippen molar-refractivity contribution in [3.05, 3.63) is 63.1 Å². The Balaban J connectivity index is 1.85. The lowest BCUT2D eigenvalue weighted by molar-refractivity contribution is 0.227. The molecule has 0 saturated heterocycles. The van der Waals surface area contributed by atoms with Gasteiger partial charge in [0.1, 0.15) is 18.0 Å². The molecule has 1 atom stereocenters. The molecule has 3 aromatic heterocycles. The number of aryl methyl sites for hydroxylation is 2. The molecular weight excluding hydrogens is 427 g/mol. The molecule has 4 aromatic rings. The van der Waals surface area contributed by atoms with E-state index in [4.69, 9.17) is 15.5 Å². The smallest absolute Gasteiger partial charge is 0.170 e.